The minimum atomic E-state index is -0.449. The molecule has 0 bridgehead atoms. The zero-order valence-corrected chi connectivity index (χ0v) is 11.4. The molecular formula is C12H13BrN2O3. The molecule has 0 radical (unpaired) electrons. The highest BCUT2D eigenvalue weighted by Crippen LogP contribution is 2.27. The number of methoxy groups -OCH3 is 1. The van der Waals surface area contributed by atoms with Gasteiger partial charge in [-0.15, -0.1) is 0 Å². The summed E-state index contributed by atoms with van der Waals surface area (Å²) in [6.45, 7) is 0. The van der Waals surface area contributed by atoms with Gasteiger partial charge in [0.15, 0.2) is 0 Å². The van der Waals surface area contributed by atoms with Crippen molar-refractivity contribution >= 4 is 33.4 Å². The number of amides is 2. The molecular weight excluding hydrogens is 300 g/mol. The molecule has 2 amide bonds. The summed E-state index contributed by atoms with van der Waals surface area (Å²) in [4.78, 5) is 23.0. The molecule has 0 spiro atoms. The van der Waals surface area contributed by atoms with Gasteiger partial charge in [0.2, 0.25) is 11.8 Å². The quantitative estimate of drug-likeness (QED) is 0.892. The molecule has 2 rings (SSSR count). The van der Waals surface area contributed by atoms with Crippen LogP contribution < -0.4 is 15.4 Å². The van der Waals surface area contributed by atoms with Crippen molar-refractivity contribution in [2.24, 2.45) is 0 Å². The van der Waals surface area contributed by atoms with Crippen LogP contribution in [0.1, 0.15) is 12.8 Å². The normalized spacial score (nSPS) is 18.3. The zero-order valence-electron chi connectivity index (χ0n) is 9.83. The van der Waals surface area contributed by atoms with E-state index >= 15 is 0 Å². The van der Waals surface area contributed by atoms with Gasteiger partial charge in [-0.2, -0.15) is 0 Å². The molecule has 6 heteroatoms. The Balaban J connectivity index is 2.09. The Kier molecular flexibility index (Phi) is 3.86. The Morgan fingerprint density at radius 2 is 2.33 bits per heavy atom. The predicted octanol–water partition coefficient (Wildman–Crippen LogP) is 1.67. The number of halogens is 1. The van der Waals surface area contributed by atoms with Crippen LogP contribution in [0.4, 0.5) is 5.69 Å². The van der Waals surface area contributed by atoms with Crippen LogP contribution in [0.5, 0.6) is 5.75 Å². The minimum absolute atomic E-state index is 0.0835. The van der Waals surface area contributed by atoms with Crippen LogP contribution in [0.25, 0.3) is 0 Å². The second-order valence-corrected chi connectivity index (χ2v) is 4.85. The highest BCUT2D eigenvalue weighted by Gasteiger charge is 2.27. The van der Waals surface area contributed by atoms with Crippen LogP contribution in [0.3, 0.4) is 0 Å². The molecule has 0 saturated carbocycles. The molecule has 18 heavy (non-hydrogen) atoms. The van der Waals surface area contributed by atoms with Crippen molar-refractivity contribution < 1.29 is 14.3 Å². The van der Waals surface area contributed by atoms with Crippen molar-refractivity contribution in [3.8, 4) is 5.75 Å². The first-order valence-corrected chi connectivity index (χ1v) is 6.33. The molecule has 2 N–H and O–H groups in total. The van der Waals surface area contributed by atoms with E-state index in [4.69, 9.17) is 4.74 Å². The van der Waals surface area contributed by atoms with Gasteiger partial charge >= 0.3 is 0 Å². The predicted molar refractivity (Wildman–Crippen MR) is 70.5 cm³/mol. The average Bonchev–Trinajstić information content (AvgIpc) is 2.79. The molecule has 1 saturated heterocycles. The topological polar surface area (TPSA) is 67.4 Å². The van der Waals surface area contributed by atoms with E-state index in [9.17, 15) is 9.59 Å². The van der Waals surface area contributed by atoms with Crippen molar-refractivity contribution in [3.63, 3.8) is 0 Å². The Morgan fingerprint density at radius 1 is 1.56 bits per heavy atom. The summed E-state index contributed by atoms with van der Waals surface area (Å²) in [5.41, 5.74) is 0.625. The Bertz CT molecular complexity index is 490. The summed E-state index contributed by atoms with van der Waals surface area (Å²) < 4.78 is 5.86. The maximum atomic E-state index is 11.9. The van der Waals surface area contributed by atoms with Gasteiger partial charge in [-0.3, -0.25) is 9.59 Å². The highest BCUT2D eigenvalue weighted by molar-refractivity contribution is 9.10. The molecule has 0 aliphatic carbocycles. The molecule has 1 aromatic rings. The van der Waals surface area contributed by atoms with Crippen LogP contribution in [-0.2, 0) is 9.59 Å². The standard InChI is InChI=1S/C12H13BrN2O3/c1-18-7-2-3-8(13)10(6-7)15-12(17)9-4-5-11(16)14-9/h2-3,6,9H,4-5H2,1H3,(H,14,16)(H,15,17)/t9-/m1/s1. The molecule has 1 aliphatic rings. The summed E-state index contributed by atoms with van der Waals surface area (Å²) in [7, 11) is 1.56. The molecule has 1 aliphatic heterocycles. The molecule has 1 fully saturated rings. The van der Waals surface area contributed by atoms with Crippen LogP contribution >= 0.6 is 15.9 Å². The molecule has 1 aromatic carbocycles. The van der Waals surface area contributed by atoms with E-state index in [0.717, 1.165) is 4.47 Å². The van der Waals surface area contributed by atoms with Gasteiger partial charge in [-0.25, -0.2) is 0 Å². The maximum absolute atomic E-state index is 11.9. The largest absolute Gasteiger partial charge is 0.497 e. The monoisotopic (exact) mass is 312 g/mol. The SMILES string of the molecule is COc1ccc(Br)c(NC(=O)[C@H]2CCC(=O)N2)c1. The Labute approximate surface area is 113 Å². The summed E-state index contributed by atoms with van der Waals surface area (Å²) in [6, 6.07) is 4.85. The molecule has 0 unspecified atom stereocenters. The van der Waals surface area contributed by atoms with Gasteiger partial charge in [-0.05, 0) is 34.5 Å². The van der Waals surface area contributed by atoms with E-state index in [1.807, 2.05) is 0 Å². The lowest BCUT2D eigenvalue weighted by Gasteiger charge is -2.13. The van der Waals surface area contributed by atoms with Gasteiger partial charge < -0.3 is 15.4 Å². The number of hydrogen-bond acceptors (Lipinski definition) is 3. The van der Waals surface area contributed by atoms with E-state index in [1.165, 1.54) is 0 Å². The zero-order chi connectivity index (χ0) is 13.1. The number of carbonyl (C=O) groups is 2. The average molecular weight is 313 g/mol. The molecule has 1 heterocycles. The van der Waals surface area contributed by atoms with Crippen LogP contribution in [0.2, 0.25) is 0 Å². The van der Waals surface area contributed by atoms with Crippen molar-refractivity contribution in [1.29, 1.82) is 0 Å². The van der Waals surface area contributed by atoms with Gasteiger partial charge in [0.25, 0.3) is 0 Å². The van der Waals surface area contributed by atoms with Gasteiger partial charge in [0.05, 0.1) is 12.8 Å². The van der Waals surface area contributed by atoms with Crippen LogP contribution in [0.15, 0.2) is 22.7 Å². The number of anilines is 1. The van der Waals surface area contributed by atoms with Crippen molar-refractivity contribution in [1.82, 2.24) is 5.32 Å². The molecule has 1 atom stereocenters. The first-order valence-electron chi connectivity index (χ1n) is 5.54. The molecule has 0 aromatic heterocycles. The van der Waals surface area contributed by atoms with Crippen molar-refractivity contribution in [3.05, 3.63) is 22.7 Å². The van der Waals surface area contributed by atoms with E-state index in [0.29, 0.717) is 24.3 Å². The molecule has 96 valence electrons. The third-order valence-corrected chi connectivity index (χ3v) is 3.43. The lowest BCUT2D eigenvalue weighted by molar-refractivity contribution is -0.122. The Hall–Kier alpha value is -1.56. The smallest absolute Gasteiger partial charge is 0.246 e. The number of nitrogens with one attached hydrogen (secondary N) is 2. The second kappa shape index (κ2) is 5.39. The van der Waals surface area contributed by atoms with Crippen LogP contribution in [0, 0.1) is 0 Å². The number of ether oxygens (including phenoxy) is 1. The van der Waals surface area contributed by atoms with E-state index in [-0.39, 0.29) is 11.8 Å². The lowest BCUT2D eigenvalue weighted by atomic mass is 10.2. The Morgan fingerprint density at radius 3 is 2.94 bits per heavy atom. The number of carbonyl (C=O) groups excluding carboxylic acids is 2. The number of hydrogen-bond donors (Lipinski definition) is 2. The van der Waals surface area contributed by atoms with Crippen molar-refractivity contribution in [2.75, 3.05) is 12.4 Å². The molecule has 5 nitrogen and oxygen atoms in total. The summed E-state index contributed by atoms with van der Waals surface area (Å²) in [5, 5.41) is 5.39. The van der Waals surface area contributed by atoms with E-state index < -0.39 is 6.04 Å². The van der Waals surface area contributed by atoms with E-state index in [1.54, 1.807) is 25.3 Å². The highest BCUT2D eigenvalue weighted by atomic mass is 79.9. The number of benzene rings is 1. The lowest BCUT2D eigenvalue weighted by Crippen LogP contribution is -2.37. The first kappa shape index (κ1) is 12.9. The fraction of sp³-hybridized carbons (Fsp3) is 0.333. The fourth-order valence-electron chi connectivity index (χ4n) is 1.76. The summed E-state index contributed by atoms with van der Waals surface area (Å²) in [6.07, 6.45) is 0.934. The third kappa shape index (κ3) is 2.81. The fourth-order valence-corrected chi connectivity index (χ4v) is 2.10. The van der Waals surface area contributed by atoms with Gasteiger partial charge in [-0.1, -0.05) is 0 Å². The summed E-state index contributed by atoms with van der Waals surface area (Å²) >= 11 is 3.35. The first-order chi connectivity index (χ1) is 8.60. The van der Waals surface area contributed by atoms with E-state index in [2.05, 4.69) is 26.6 Å². The number of rotatable bonds is 3. The van der Waals surface area contributed by atoms with Crippen LogP contribution in [-0.4, -0.2) is 25.0 Å². The summed E-state index contributed by atoms with van der Waals surface area (Å²) in [5.74, 6) is 0.360. The third-order valence-electron chi connectivity index (χ3n) is 2.74. The maximum Gasteiger partial charge on any atom is 0.246 e. The van der Waals surface area contributed by atoms with Crippen molar-refractivity contribution in [2.45, 2.75) is 18.9 Å². The minimum Gasteiger partial charge on any atom is -0.497 e. The second-order valence-electron chi connectivity index (χ2n) is 3.99. The van der Waals surface area contributed by atoms with Gasteiger partial charge in [0.1, 0.15) is 11.8 Å². The van der Waals surface area contributed by atoms with Gasteiger partial charge in [0, 0.05) is 17.0 Å².